The van der Waals surface area contributed by atoms with Gasteiger partial charge >= 0.3 is 0 Å². The average Bonchev–Trinajstić information content (AvgIpc) is 2.29. The first-order valence-electron chi connectivity index (χ1n) is 5.23. The Morgan fingerprint density at radius 1 is 1.53 bits per heavy atom. The van der Waals surface area contributed by atoms with Crippen molar-refractivity contribution in [3.63, 3.8) is 0 Å². The van der Waals surface area contributed by atoms with Gasteiger partial charge in [0.1, 0.15) is 5.75 Å². The van der Waals surface area contributed by atoms with Crippen molar-refractivity contribution in [2.24, 2.45) is 5.73 Å². The van der Waals surface area contributed by atoms with Crippen LogP contribution in [0.15, 0.2) is 18.3 Å². The Morgan fingerprint density at radius 2 is 2.33 bits per heavy atom. The second kappa shape index (κ2) is 6.37. The fraction of sp³-hybridized carbons (Fsp3) is 0.545. The van der Waals surface area contributed by atoms with Crippen LogP contribution >= 0.6 is 0 Å². The highest BCUT2D eigenvalue weighted by Crippen LogP contribution is 2.14. The highest BCUT2D eigenvalue weighted by atomic mass is 16.5. The van der Waals surface area contributed by atoms with Gasteiger partial charge in [-0.05, 0) is 18.6 Å². The van der Waals surface area contributed by atoms with Crippen molar-refractivity contribution in [2.45, 2.75) is 25.8 Å². The fourth-order valence-corrected chi connectivity index (χ4v) is 1.16. The molecular formula is C11H18N2O2. The van der Waals surface area contributed by atoms with Crippen molar-refractivity contribution in [1.29, 1.82) is 0 Å². The van der Waals surface area contributed by atoms with Crippen molar-refractivity contribution in [3.05, 3.63) is 24.0 Å². The number of pyridine rings is 1. The van der Waals surface area contributed by atoms with Crippen LogP contribution in [-0.4, -0.2) is 23.3 Å². The van der Waals surface area contributed by atoms with Gasteiger partial charge in [0, 0.05) is 19.1 Å². The van der Waals surface area contributed by atoms with E-state index >= 15 is 0 Å². The van der Waals surface area contributed by atoms with Crippen LogP contribution in [0.3, 0.4) is 0 Å². The number of hydrogen-bond donors (Lipinski definition) is 2. The first-order valence-corrected chi connectivity index (χ1v) is 5.23. The normalized spacial score (nSPS) is 12.5. The summed E-state index contributed by atoms with van der Waals surface area (Å²) < 4.78 is 5.35. The molecule has 0 fully saturated rings. The monoisotopic (exact) mass is 210 g/mol. The lowest BCUT2D eigenvalue weighted by atomic mass is 10.1. The van der Waals surface area contributed by atoms with Crippen LogP contribution in [0.2, 0.25) is 0 Å². The van der Waals surface area contributed by atoms with E-state index in [0.717, 1.165) is 17.9 Å². The van der Waals surface area contributed by atoms with E-state index in [9.17, 15) is 0 Å². The fourth-order valence-electron chi connectivity index (χ4n) is 1.16. The second-order valence-corrected chi connectivity index (χ2v) is 3.36. The van der Waals surface area contributed by atoms with Gasteiger partial charge in [0.2, 0.25) is 0 Å². The molecule has 0 bridgehead atoms. The maximum Gasteiger partial charge on any atom is 0.137 e. The summed E-state index contributed by atoms with van der Waals surface area (Å²) in [5.74, 6) is 0.718. The Balaban J connectivity index is 2.49. The molecule has 84 valence electrons. The minimum Gasteiger partial charge on any atom is -0.492 e. The second-order valence-electron chi connectivity index (χ2n) is 3.36. The molecule has 4 heteroatoms. The van der Waals surface area contributed by atoms with Gasteiger partial charge in [-0.2, -0.15) is 0 Å². The maximum atomic E-state index is 8.58. The zero-order chi connectivity index (χ0) is 11.1. The molecule has 0 amide bonds. The van der Waals surface area contributed by atoms with E-state index in [1.54, 1.807) is 6.20 Å². The van der Waals surface area contributed by atoms with Crippen molar-refractivity contribution in [1.82, 2.24) is 4.98 Å². The Labute approximate surface area is 90.1 Å². The topological polar surface area (TPSA) is 68.4 Å². The van der Waals surface area contributed by atoms with Crippen LogP contribution in [0.5, 0.6) is 5.75 Å². The number of ether oxygens (including phenoxy) is 1. The third-order valence-corrected chi connectivity index (χ3v) is 2.15. The molecule has 0 radical (unpaired) electrons. The van der Waals surface area contributed by atoms with Gasteiger partial charge in [-0.25, -0.2) is 0 Å². The summed E-state index contributed by atoms with van der Waals surface area (Å²) in [6.45, 7) is 2.68. The third-order valence-electron chi connectivity index (χ3n) is 2.15. The SMILES string of the molecule is CCC(N)c1ccc(OCCCO)cn1. The first-order chi connectivity index (χ1) is 7.27. The van der Waals surface area contributed by atoms with Gasteiger partial charge in [0.25, 0.3) is 0 Å². The molecular weight excluding hydrogens is 192 g/mol. The summed E-state index contributed by atoms with van der Waals surface area (Å²) in [4.78, 5) is 4.22. The number of aliphatic hydroxyl groups is 1. The molecule has 1 heterocycles. The van der Waals surface area contributed by atoms with Crippen LogP contribution < -0.4 is 10.5 Å². The smallest absolute Gasteiger partial charge is 0.137 e. The molecule has 3 N–H and O–H groups in total. The van der Waals surface area contributed by atoms with E-state index in [0.29, 0.717) is 13.0 Å². The zero-order valence-corrected chi connectivity index (χ0v) is 9.02. The molecule has 15 heavy (non-hydrogen) atoms. The predicted octanol–water partition coefficient (Wildman–Crippen LogP) is 1.25. The van der Waals surface area contributed by atoms with Crippen molar-refractivity contribution in [3.8, 4) is 5.75 Å². The predicted molar refractivity (Wildman–Crippen MR) is 58.7 cm³/mol. The molecule has 0 aliphatic heterocycles. The van der Waals surface area contributed by atoms with Crippen LogP contribution in [0, 0.1) is 0 Å². The molecule has 1 unspecified atom stereocenters. The van der Waals surface area contributed by atoms with Crippen LogP contribution in [0.25, 0.3) is 0 Å². The molecule has 0 spiro atoms. The minimum absolute atomic E-state index is 0.00325. The zero-order valence-electron chi connectivity index (χ0n) is 9.02. The molecule has 4 nitrogen and oxygen atoms in total. The number of nitrogens with two attached hydrogens (primary N) is 1. The summed E-state index contributed by atoms with van der Waals surface area (Å²) >= 11 is 0. The van der Waals surface area contributed by atoms with E-state index < -0.39 is 0 Å². The van der Waals surface area contributed by atoms with Crippen LogP contribution in [0.1, 0.15) is 31.5 Å². The van der Waals surface area contributed by atoms with Gasteiger partial charge in [-0.3, -0.25) is 4.98 Å². The average molecular weight is 210 g/mol. The molecule has 0 aliphatic carbocycles. The molecule has 1 aromatic rings. The maximum absolute atomic E-state index is 8.58. The highest BCUT2D eigenvalue weighted by Gasteiger charge is 2.04. The number of hydrogen-bond acceptors (Lipinski definition) is 4. The highest BCUT2D eigenvalue weighted by molar-refractivity contribution is 5.21. The lowest BCUT2D eigenvalue weighted by molar-refractivity contribution is 0.233. The van der Waals surface area contributed by atoms with Gasteiger partial charge in [-0.15, -0.1) is 0 Å². The number of aliphatic hydroxyl groups excluding tert-OH is 1. The van der Waals surface area contributed by atoms with E-state index in [-0.39, 0.29) is 12.6 Å². The van der Waals surface area contributed by atoms with E-state index in [4.69, 9.17) is 15.6 Å². The van der Waals surface area contributed by atoms with Crippen molar-refractivity contribution >= 4 is 0 Å². The quantitative estimate of drug-likeness (QED) is 0.693. The molecule has 1 rings (SSSR count). The van der Waals surface area contributed by atoms with Gasteiger partial charge in [0.15, 0.2) is 0 Å². The standard InChI is InChI=1S/C11H18N2O2/c1-2-10(12)11-5-4-9(8-13-11)15-7-3-6-14/h4-5,8,10,14H,2-3,6-7,12H2,1H3. The van der Waals surface area contributed by atoms with Crippen molar-refractivity contribution in [2.75, 3.05) is 13.2 Å². The molecule has 0 saturated heterocycles. The lowest BCUT2D eigenvalue weighted by Crippen LogP contribution is -2.10. The molecule has 1 atom stereocenters. The van der Waals surface area contributed by atoms with E-state index in [1.165, 1.54) is 0 Å². The largest absolute Gasteiger partial charge is 0.492 e. The summed E-state index contributed by atoms with van der Waals surface area (Å²) in [5.41, 5.74) is 6.71. The Morgan fingerprint density at radius 3 is 2.87 bits per heavy atom. The van der Waals surface area contributed by atoms with Gasteiger partial charge in [-0.1, -0.05) is 6.92 Å². The lowest BCUT2D eigenvalue weighted by Gasteiger charge is -2.09. The van der Waals surface area contributed by atoms with E-state index in [2.05, 4.69) is 4.98 Å². The summed E-state index contributed by atoms with van der Waals surface area (Å²) in [7, 11) is 0. The van der Waals surface area contributed by atoms with Crippen LogP contribution in [0.4, 0.5) is 0 Å². The van der Waals surface area contributed by atoms with Crippen LogP contribution in [-0.2, 0) is 0 Å². The van der Waals surface area contributed by atoms with Gasteiger partial charge < -0.3 is 15.6 Å². The summed E-state index contributed by atoms with van der Waals surface area (Å²) in [5, 5.41) is 8.58. The van der Waals surface area contributed by atoms with Crippen molar-refractivity contribution < 1.29 is 9.84 Å². The number of rotatable bonds is 6. The first kappa shape index (κ1) is 11.9. The van der Waals surface area contributed by atoms with E-state index in [1.807, 2.05) is 19.1 Å². The molecule has 0 aromatic carbocycles. The molecule has 1 aromatic heterocycles. The number of aromatic nitrogens is 1. The Kier molecular flexibility index (Phi) is 5.07. The number of nitrogens with zero attached hydrogens (tertiary/aromatic N) is 1. The van der Waals surface area contributed by atoms with Gasteiger partial charge in [0.05, 0.1) is 18.5 Å². The third kappa shape index (κ3) is 3.85. The molecule has 0 saturated carbocycles. The summed E-state index contributed by atoms with van der Waals surface area (Å²) in [6, 6.07) is 3.73. The Bertz CT molecular complexity index is 274. The summed E-state index contributed by atoms with van der Waals surface area (Å²) in [6.07, 6.45) is 3.18. The Hall–Kier alpha value is -1.13. The minimum atomic E-state index is -0.00325. The molecule has 0 aliphatic rings.